The molecule has 2 aliphatic rings. The van der Waals surface area contributed by atoms with Crippen molar-refractivity contribution >= 4 is 67.1 Å². The van der Waals surface area contributed by atoms with Crippen LogP contribution in [0.25, 0.3) is 22.3 Å². The van der Waals surface area contributed by atoms with Gasteiger partial charge in [0.25, 0.3) is 0 Å². The third kappa shape index (κ3) is 3.54. The van der Waals surface area contributed by atoms with E-state index in [1.165, 1.54) is 33.3 Å². The van der Waals surface area contributed by atoms with Crippen LogP contribution in [0.4, 0.5) is 22.7 Å². The molecule has 0 aliphatic carbocycles. The molecule has 0 N–H and O–H groups in total. The van der Waals surface area contributed by atoms with Gasteiger partial charge in [0.1, 0.15) is 0 Å². The standard InChI is InChI=1S/C32H20BBr2N3/c1-20-5-11-24(12-6-20)37-30-15-9-22(34)17-28(30)26-3-2-4-27-29-18-23(35)10-16-31(29)38(33(37)32(26)27)25-13-7-21(19-36)8-14-25/h2-18H,1H3. The number of halogens is 2. The Morgan fingerprint density at radius 1 is 0.632 bits per heavy atom. The van der Waals surface area contributed by atoms with Crippen molar-refractivity contribution in [1.82, 2.24) is 0 Å². The van der Waals surface area contributed by atoms with Crippen LogP contribution < -0.4 is 15.1 Å². The quantitative estimate of drug-likeness (QED) is 0.186. The zero-order valence-corrected chi connectivity index (χ0v) is 23.7. The molecule has 7 rings (SSSR count). The van der Waals surface area contributed by atoms with Crippen molar-refractivity contribution in [2.24, 2.45) is 0 Å². The molecule has 180 valence electrons. The van der Waals surface area contributed by atoms with Crippen molar-refractivity contribution < 1.29 is 0 Å². The minimum Gasteiger partial charge on any atom is -0.361 e. The SMILES string of the molecule is Cc1ccc(N2B3c4c(cccc4-c4cc(Br)ccc4N3c3ccc(C#N)cc3)-c3cc(Br)ccc32)cc1. The van der Waals surface area contributed by atoms with Gasteiger partial charge in [-0.3, -0.25) is 0 Å². The van der Waals surface area contributed by atoms with Crippen LogP contribution in [-0.4, -0.2) is 6.98 Å². The second-order valence-electron chi connectivity index (χ2n) is 9.70. The maximum Gasteiger partial charge on any atom is 0.421 e. The summed E-state index contributed by atoms with van der Waals surface area (Å²) in [7, 11) is 0. The number of fused-ring (bicyclic) bond motifs is 4. The highest BCUT2D eigenvalue weighted by Gasteiger charge is 2.46. The van der Waals surface area contributed by atoms with E-state index < -0.39 is 0 Å². The van der Waals surface area contributed by atoms with Crippen molar-refractivity contribution in [2.75, 3.05) is 9.62 Å². The highest BCUT2D eigenvalue weighted by Crippen LogP contribution is 2.49. The fourth-order valence-electron chi connectivity index (χ4n) is 5.78. The average molecular weight is 617 g/mol. The zero-order valence-electron chi connectivity index (χ0n) is 20.5. The number of hydrogen-bond donors (Lipinski definition) is 0. The van der Waals surface area contributed by atoms with Gasteiger partial charge in [0.05, 0.1) is 11.6 Å². The molecule has 0 amide bonds. The van der Waals surface area contributed by atoms with E-state index in [0.717, 1.165) is 31.7 Å². The molecule has 0 radical (unpaired) electrons. The second-order valence-corrected chi connectivity index (χ2v) is 11.5. The van der Waals surface area contributed by atoms with Gasteiger partial charge in [-0.2, -0.15) is 5.26 Å². The first-order chi connectivity index (χ1) is 18.5. The number of benzene rings is 5. The van der Waals surface area contributed by atoms with Crippen LogP contribution in [0.3, 0.4) is 0 Å². The molecule has 0 spiro atoms. The maximum absolute atomic E-state index is 9.46. The Kier molecular flexibility index (Phi) is 5.47. The number of aryl methyl sites for hydroxylation is 1. The van der Waals surface area contributed by atoms with E-state index >= 15 is 0 Å². The van der Waals surface area contributed by atoms with E-state index in [1.54, 1.807) is 0 Å². The van der Waals surface area contributed by atoms with E-state index in [0.29, 0.717) is 5.56 Å². The predicted molar refractivity (Wildman–Crippen MR) is 165 cm³/mol. The van der Waals surface area contributed by atoms with Gasteiger partial charge in [-0.05, 0) is 96.3 Å². The monoisotopic (exact) mass is 615 g/mol. The third-order valence-corrected chi connectivity index (χ3v) is 8.44. The summed E-state index contributed by atoms with van der Waals surface area (Å²) in [4.78, 5) is 4.87. The summed E-state index contributed by atoms with van der Waals surface area (Å²) >= 11 is 7.45. The highest BCUT2D eigenvalue weighted by atomic mass is 79.9. The minimum absolute atomic E-state index is 0.126. The fraction of sp³-hybridized carbons (Fsp3) is 0.0312. The number of anilines is 4. The molecule has 3 nitrogen and oxygen atoms in total. The van der Waals surface area contributed by atoms with E-state index in [4.69, 9.17) is 0 Å². The number of nitriles is 1. The lowest BCUT2D eigenvalue weighted by molar-refractivity contribution is 1.26. The Morgan fingerprint density at radius 3 is 1.63 bits per heavy atom. The molecule has 0 bridgehead atoms. The van der Waals surface area contributed by atoms with Gasteiger partial charge in [-0.25, -0.2) is 0 Å². The summed E-state index contributed by atoms with van der Waals surface area (Å²) in [5.74, 6) is 0. The van der Waals surface area contributed by atoms with Crippen LogP contribution in [0.5, 0.6) is 0 Å². The molecule has 2 heterocycles. The second kappa shape index (κ2) is 8.91. The fourth-order valence-corrected chi connectivity index (χ4v) is 6.50. The van der Waals surface area contributed by atoms with Gasteiger partial charge >= 0.3 is 6.98 Å². The van der Waals surface area contributed by atoms with Gasteiger partial charge in [-0.1, -0.05) is 67.8 Å². The van der Waals surface area contributed by atoms with Crippen molar-refractivity contribution in [3.8, 4) is 28.3 Å². The number of hydrogen-bond acceptors (Lipinski definition) is 3. The molecule has 0 fully saturated rings. The Hall–Kier alpha value is -3.79. The Bertz CT molecular complexity index is 1760. The van der Waals surface area contributed by atoms with Crippen molar-refractivity contribution in [2.45, 2.75) is 6.92 Å². The lowest BCUT2D eigenvalue weighted by atomic mass is 9.53. The van der Waals surface area contributed by atoms with Gasteiger partial charge < -0.3 is 9.62 Å². The Balaban J connectivity index is 1.59. The Morgan fingerprint density at radius 2 is 1.13 bits per heavy atom. The average Bonchev–Trinajstić information content (AvgIpc) is 2.94. The molecule has 0 aromatic heterocycles. The molecule has 2 aliphatic heterocycles. The number of rotatable bonds is 2. The molecule has 0 saturated heterocycles. The first-order valence-corrected chi connectivity index (χ1v) is 14.0. The lowest BCUT2D eigenvalue weighted by Gasteiger charge is -2.47. The summed E-state index contributed by atoms with van der Waals surface area (Å²) in [6, 6.07) is 38.7. The molecule has 38 heavy (non-hydrogen) atoms. The van der Waals surface area contributed by atoms with E-state index in [1.807, 2.05) is 12.1 Å². The van der Waals surface area contributed by atoms with Crippen LogP contribution in [0.15, 0.2) is 112 Å². The maximum atomic E-state index is 9.46. The molecule has 0 atom stereocenters. The van der Waals surface area contributed by atoms with Gasteiger partial charge in [-0.15, -0.1) is 0 Å². The van der Waals surface area contributed by atoms with E-state index in [2.05, 4.69) is 145 Å². The first kappa shape index (κ1) is 23.3. The summed E-state index contributed by atoms with van der Waals surface area (Å²) in [5.41, 5.74) is 12.4. The van der Waals surface area contributed by atoms with E-state index in [9.17, 15) is 5.26 Å². The van der Waals surface area contributed by atoms with Crippen LogP contribution >= 0.6 is 31.9 Å². The summed E-state index contributed by atoms with van der Waals surface area (Å²) in [6.07, 6.45) is 0. The highest BCUT2D eigenvalue weighted by molar-refractivity contribution is 9.10. The van der Waals surface area contributed by atoms with Crippen molar-refractivity contribution in [3.63, 3.8) is 0 Å². The van der Waals surface area contributed by atoms with Crippen LogP contribution in [-0.2, 0) is 0 Å². The molecule has 5 aromatic carbocycles. The van der Waals surface area contributed by atoms with E-state index in [-0.39, 0.29) is 6.98 Å². The van der Waals surface area contributed by atoms with Crippen LogP contribution in [0.2, 0.25) is 0 Å². The topological polar surface area (TPSA) is 30.3 Å². The van der Waals surface area contributed by atoms with Gasteiger partial charge in [0, 0.05) is 42.8 Å². The van der Waals surface area contributed by atoms with Crippen molar-refractivity contribution in [1.29, 1.82) is 5.26 Å². The Labute approximate surface area is 239 Å². The van der Waals surface area contributed by atoms with Crippen molar-refractivity contribution in [3.05, 3.63) is 123 Å². The molecule has 6 heteroatoms. The minimum atomic E-state index is -0.126. The number of nitrogens with zero attached hydrogens (tertiary/aromatic N) is 3. The largest absolute Gasteiger partial charge is 0.421 e. The van der Waals surface area contributed by atoms with Crippen LogP contribution in [0, 0.1) is 18.3 Å². The van der Waals surface area contributed by atoms with Gasteiger partial charge in [0.15, 0.2) is 0 Å². The molecule has 0 saturated carbocycles. The zero-order chi connectivity index (χ0) is 26.0. The lowest BCUT2D eigenvalue weighted by Crippen LogP contribution is -2.61. The third-order valence-electron chi connectivity index (χ3n) is 7.46. The molecular weight excluding hydrogens is 597 g/mol. The first-order valence-electron chi connectivity index (χ1n) is 12.4. The molecule has 0 unspecified atom stereocenters. The summed E-state index contributed by atoms with van der Waals surface area (Å²) < 4.78 is 2.10. The predicted octanol–water partition coefficient (Wildman–Crippen LogP) is 8.72. The summed E-state index contributed by atoms with van der Waals surface area (Å²) in [6.45, 7) is 2.00. The van der Waals surface area contributed by atoms with Gasteiger partial charge in [0.2, 0.25) is 0 Å². The molecule has 5 aromatic rings. The molecular formula is C32H20BBr2N3. The summed E-state index contributed by atoms with van der Waals surface area (Å²) in [5, 5.41) is 9.46. The normalized spacial score (nSPS) is 12.9. The smallest absolute Gasteiger partial charge is 0.361 e. The van der Waals surface area contributed by atoms with Crippen LogP contribution in [0.1, 0.15) is 11.1 Å².